The Labute approximate surface area is 233 Å². The number of hydrogen-bond donors (Lipinski definition) is 0. The fourth-order valence-electron chi connectivity index (χ4n) is 2.95. The summed E-state index contributed by atoms with van der Waals surface area (Å²) in [5, 5.41) is 4.23. The number of rotatable bonds is 3. The molecule has 4 heteroatoms. The summed E-state index contributed by atoms with van der Waals surface area (Å²) in [7, 11) is 0. The molecule has 34 heavy (non-hydrogen) atoms. The first-order valence-corrected chi connectivity index (χ1v) is 11.2. The molecule has 2 aliphatic rings. The van der Waals surface area contributed by atoms with Crippen molar-refractivity contribution in [2.45, 2.75) is 30.3 Å². The fourth-order valence-corrected chi connectivity index (χ4v) is 4.27. The molecule has 174 valence electrons. The predicted molar refractivity (Wildman–Crippen MR) is 142 cm³/mol. The van der Waals surface area contributed by atoms with Crippen LogP contribution in [0.2, 0.25) is 0 Å². The van der Waals surface area contributed by atoms with Gasteiger partial charge in [-0.15, -0.1) is 18.3 Å². The summed E-state index contributed by atoms with van der Waals surface area (Å²) in [6, 6.07) is 23.1. The van der Waals surface area contributed by atoms with Gasteiger partial charge in [-0.25, -0.2) is 5.57 Å². The standard InChI is InChI=1S/C18H17NS.C6H7N.C6H5.Ir/c1-12-8-9-16(19-11-12)13(2)10-18-14(3)15-6-4-5-7-17(15)20-18;1-6-3-2-4-7-5-6;1-2-4-6-5-3-1;/h2,4-9,18H,3,10-11H2,1H3;2-5H,1H3;1-5H;/q-2;;-1;+3/i1D3,8D,9D;1D3;;. The van der Waals surface area contributed by atoms with Crippen molar-refractivity contribution >= 4 is 17.3 Å². The third kappa shape index (κ3) is 8.61. The van der Waals surface area contributed by atoms with Gasteiger partial charge in [-0.05, 0) is 49.0 Å². The van der Waals surface area contributed by atoms with Crippen LogP contribution in [0, 0.1) is 19.5 Å². The van der Waals surface area contributed by atoms with E-state index in [2.05, 4.69) is 22.9 Å². The molecule has 0 aliphatic carbocycles. The van der Waals surface area contributed by atoms with E-state index in [1.54, 1.807) is 30.1 Å². The van der Waals surface area contributed by atoms with E-state index < -0.39 is 13.7 Å². The Morgan fingerprint density at radius 3 is 2.59 bits per heavy atom. The van der Waals surface area contributed by atoms with E-state index >= 15 is 0 Å². The molecule has 0 bridgehead atoms. The van der Waals surface area contributed by atoms with Crippen LogP contribution in [0.25, 0.3) is 10.9 Å². The summed E-state index contributed by atoms with van der Waals surface area (Å²) in [6.45, 7) is 5.78. The second-order valence-corrected chi connectivity index (χ2v) is 8.31. The van der Waals surface area contributed by atoms with Crippen LogP contribution in [-0.4, -0.2) is 16.8 Å². The van der Waals surface area contributed by atoms with Gasteiger partial charge >= 0.3 is 20.1 Å². The van der Waals surface area contributed by atoms with Crippen molar-refractivity contribution in [3.05, 3.63) is 144 Å². The van der Waals surface area contributed by atoms with E-state index in [1.165, 1.54) is 6.20 Å². The number of fused-ring (bicyclic) bond motifs is 1. The molecule has 0 amide bonds. The van der Waals surface area contributed by atoms with Gasteiger partial charge in [-0.1, -0.05) is 42.5 Å². The quantitative estimate of drug-likeness (QED) is 0.269. The minimum atomic E-state index is -2.41. The van der Waals surface area contributed by atoms with Crippen molar-refractivity contribution in [1.82, 2.24) is 4.98 Å². The van der Waals surface area contributed by atoms with Gasteiger partial charge in [0.05, 0.1) is 1.37 Å². The first-order valence-electron chi connectivity index (χ1n) is 14.3. The number of benzene rings is 2. The van der Waals surface area contributed by atoms with Crippen molar-refractivity contribution in [1.29, 1.82) is 0 Å². The Morgan fingerprint density at radius 1 is 1.18 bits per heavy atom. The smallest absolute Gasteiger partial charge is 0.766 e. The van der Waals surface area contributed by atoms with Crippen LogP contribution in [0.4, 0.5) is 0 Å². The number of pyridine rings is 1. The monoisotopic (exact) mass is 650 g/mol. The molecule has 3 heterocycles. The van der Waals surface area contributed by atoms with Gasteiger partial charge in [0.15, 0.2) is 0 Å². The van der Waals surface area contributed by atoms with Crippen molar-refractivity contribution in [3.63, 3.8) is 0 Å². The molecule has 1 aromatic heterocycles. The Kier molecular flexibility index (Phi) is 7.60. The van der Waals surface area contributed by atoms with E-state index in [0.717, 1.165) is 16.0 Å². The van der Waals surface area contributed by atoms with Gasteiger partial charge in [-0.2, -0.15) is 42.5 Å². The van der Waals surface area contributed by atoms with Gasteiger partial charge in [0.2, 0.25) is 0 Å². The SMILES string of the molecule is [2H]C([2H])([2H])c1cccnc1.[2H]C1=C(C(=[CH-])CC2Sc3ccccc3C2=C)[N-]CC(C([2H])([2H])[2H])=C1[2H].[Ir+3].[c-]1ccccc1. The van der Waals surface area contributed by atoms with E-state index in [0.29, 0.717) is 12.0 Å². The Morgan fingerprint density at radius 2 is 2.00 bits per heavy atom. The van der Waals surface area contributed by atoms with Crippen molar-refractivity contribution in [2.75, 3.05) is 6.54 Å². The molecule has 1 atom stereocenters. The number of hydrogen-bond acceptors (Lipinski definition) is 2. The van der Waals surface area contributed by atoms with Gasteiger partial charge in [0, 0.05) is 32.1 Å². The molecule has 3 aromatic rings. The zero-order valence-electron chi connectivity index (χ0n) is 26.4. The molecule has 0 fully saturated rings. The summed E-state index contributed by atoms with van der Waals surface area (Å²) in [6.07, 6.45) is 3.36. The van der Waals surface area contributed by atoms with Crippen LogP contribution in [0.15, 0.2) is 120 Å². The largest absolute Gasteiger partial charge is 3.00 e. The van der Waals surface area contributed by atoms with Crippen LogP contribution in [0.5, 0.6) is 0 Å². The van der Waals surface area contributed by atoms with E-state index in [9.17, 15) is 0 Å². The van der Waals surface area contributed by atoms with Crippen LogP contribution in [0.3, 0.4) is 0 Å². The van der Waals surface area contributed by atoms with Gasteiger partial charge < -0.3 is 11.0 Å². The predicted octanol–water partition coefficient (Wildman–Crippen LogP) is 8.02. The normalized spacial score (nSPS) is 20.2. The van der Waals surface area contributed by atoms with Gasteiger partial charge in [0.1, 0.15) is 0 Å². The number of nitrogens with zero attached hydrogens (tertiary/aromatic N) is 2. The maximum absolute atomic E-state index is 8.09. The number of aromatic nitrogens is 1. The van der Waals surface area contributed by atoms with Crippen LogP contribution < -0.4 is 0 Å². The maximum Gasteiger partial charge on any atom is 3.00 e. The fraction of sp³-hybridized carbons (Fsp3) is 0.167. The second kappa shape index (κ2) is 14.6. The molecule has 1 unspecified atom stereocenters. The Hall–Kier alpha value is -2.65. The Bertz CT molecular complexity index is 1390. The minimum absolute atomic E-state index is 0. The van der Waals surface area contributed by atoms with Crippen LogP contribution >= 0.6 is 11.8 Å². The first kappa shape index (κ1) is 17.7. The van der Waals surface area contributed by atoms with Crippen LogP contribution in [-0.2, 0) is 20.1 Å². The summed E-state index contributed by atoms with van der Waals surface area (Å²) < 4.78 is 59.3. The molecule has 0 saturated carbocycles. The maximum atomic E-state index is 8.09. The molecule has 2 aromatic carbocycles. The summed E-state index contributed by atoms with van der Waals surface area (Å²) in [4.78, 5) is 4.84. The summed E-state index contributed by atoms with van der Waals surface area (Å²) in [5.74, 6) is 0. The average Bonchev–Trinajstić information content (AvgIpc) is 3.26. The average molecular weight is 650 g/mol. The van der Waals surface area contributed by atoms with Gasteiger partial charge in [-0.3, -0.25) is 11.6 Å². The molecular formula is C30H29IrN2S. The summed E-state index contributed by atoms with van der Waals surface area (Å²) in [5.41, 5.74) is 2.89. The summed E-state index contributed by atoms with van der Waals surface area (Å²) >= 11 is 1.67. The van der Waals surface area contributed by atoms with Crippen LogP contribution in [0.1, 0.15) is 35.4 Å². The molecular weight excluding hydrogens is 613 g/mol. The molecule has 5 rings (SSSR count). The first-order chi connectivity index (χ1) is 19.3. The molecule has 0 saturated heterocycles. The zero-order chi connectivity index (χ0) is 30.2. The van der Waals surface area contributed by atoms with Crippen molar-refractivity contribution in [3.8, 4) is 0 Å². The van der Waals surface area contributed by atoms with Gasteiger partial charge in [0.25, 0.3) is 0 Å². The van der Waals surface area contributed by atoms with Crippen molar-refractivity contribution < 1.29 is 31.1 Å². The molecule has 2 aliphatic heterocycles. The molecule has 2 nitrogen and oxygen atoms in total. The third-order valence-corrected chi connectivity index (χ3v) is 5.94. The second-order valence-electron chi connectivity index (χ2n) is 7.07. The molecule has 0 spiro atoms. The number of thioether (sulfide) groups is 1. The van der Waals surface area contributed by atoms with E-state index in [-0.39, 0.29) is 60.8 Å². The van der Waals surface area contributed by atoms with Crippen molar-refractivity contribution in [2.24, 2.45) is 0 Å². The minimum Gasteiger partial charge on any atom is -0.766 e. The topological polar surface area (TPSA) is 27.0 Å². The Balaban J connectivity index is 0.000000296. The number of allylic oxidation sites excluding steroid dienone is 3. The molecule has 0 radical (unpaired) electrons. The molecule has 0 N–H and O–H groups in total. The zero-order valence-corrected chi connectivity index (χ0v) is 21.6. The third-order valence-electron chi connectivity index (χ3n) is 4.60. The van der Waals surface area contributed by atoms with E-state index in [4.69, 9.17) is 17.5 Å². The van der Waals surface area contributed by atoms with E-state index in [1.807, 2.05) is 54.6 Å². The number of aryl methyl sites for hydroxylation is 1.